The number of nitro groups is 1. The molecule has 0 saturated carbocycles. The molecule has 2 saturated heterocycles. The van der Waals surface area contributed by atoms with Crippen molar-refractivity contribution in [2.75, 3.05) is 44.3 Å². The van der Waals surface area contributed by atoms with E-state index in [2.05, 4.69) is 22.3 Å². The van der Waals surface area contributed by atoms with Gasteiger partial charge in [0.25, 0.3) is 11.6 Å². The van der Waals surface area contributed by atoms with E-state index in [4.69, 9.17) is 4.74 Å². The molecular weight excluding hydrogens is 408 g/mol. The third-order valence-electron chi connectivity index (χ3n) is 6.12. The number of non-ortho nitro benzene ring substituents is 1. The summed E-state index contributed by atoms with van der Waals surface area (Å²) in [4.78, 5) is 28.3. The van der Waals surface area contributed by atoms with Crippen molar-refractivity contribution < 1.29 is 14.5 Å². The lowest BCUT2D eigenvalue weighted by Crippen LogP contribution is -2.38. The summed E-state index contributed by atoms with van der Waals surface area (Å²) in [5.41, 5.74) is 3.21. The van der Waals surface area contributed by atoms with Crippen LogP contribution in [-0.4, -0.2) is 55.1 Å². The number of carbonyl (C=O) groups excluding carboxylic acids is 1. The monoisotopic (exact) mass is 438 g/mol. The fourth-order valence-electron chi connectivity index (χ4n) is 4.32. The van der Waals surface area contributed by atoms with Crippen LogP contribution in [0.2, 0.25) is 0 Å². The van der Waals surface area contributed by atoms with Gasteiger partial charge in [0, 0.05) is 38.3 Å². The molecule has 0 radical (unpaired) electrons. The average Bonchev–Trinajstić information content (AvgIpc) is 2.84. The topological polar surface area (TPSA) is 88.0 Å². The minimum absolute atomic E-state index is 0.0887. The number of morpholine rings is 1. The Bertz CT molecular complexity index is 936. The zero-order valence-electron chi connectivity index (χ0n) is 18.3. The molecule has 2 aromatic rings. The third kappa shape index (κ3) is 5.63. The number of nitrogens with zero attached hydrogens (tertiary/aromatic N) is 3. The molecule has 2 heterocycles. The molecule has 0 bridgehead atoms. The summed E-state index contributed by atoms with van der Waals surface area (Å²) in [6, 6.07) is 12.8. The first kappa shape index (κ1) is 22.2. The summed E-state index contributed by atoms with van der Waals surface area (Å²) < 4.78 is 5.39. The summed E-state index contributed by atoms with van der Waals surface area (Å²) in [5.74, 6) is -0.312. The number of hydrogen-bond acceptors (Lipinski definition) is 6. The predicted molar refractivity (Wildman–Crippen MR) is 123 cm³/mol. The minimum atomic E-state index is -0.471. The number of piperidine rings is 1. The highest BCUT2D eigenvalue weighted by atomic mass is 16.6. The molecular formula is C24H30N4O4. The van der Waals surface area contributed by atoms with Gasteiger partial charge in [-0.25, -0.2) is 0 Å². The third-order valence-corrected chi connectivity index (χ3v) is 6.12. The van der Waals surface area contributed by atoms with E-state index in [1.165, 1.54) is 37.0 Å². The molecule has 170 valence electrons. The Hall–Kier alpha value is -2.97. The van der Waals surface area contributed by atoms with E-state index in [0.29, 0.717) is 44.1 Å². The van der Waals surface area contributed by atoms with Gasteiger partial charge in [-0.3, -0.25) is 19.8 Å². The van der Waals surface area contributed by atoms with Crippen LogP contribution in [0.25, 0.3) is 0 Å². The van der Waals surface area contributed by atoms with Crippen LogP contribution in [0.1, 0.15) is 40.7 Å². The fraction of sp³-hybridized carbons (Fsp3) is 0.458. The van der Waals surface area contributed by atoms with Crippen molar-refractivity contribution in [2.24, 2.45) is 0 Å². The molecule has 2 aliphatic heterocycles. The SMILES string of the molecule is O=C(NCc1ccc(CN2CCCCC2)cc1)c1cc([N+](=O)[O-])ccc1N1CCOCC1. The van der Waals surface area contributed by atoms with Crippen molar-refractivity contribution >= 4 is 17.3 Å². The highest BCUT2D eigenvalue weighted by Gasteiger charge is 2.22. The van der Waals surface area contributed by atoms with Crippen LogP contribution in [0.5, 0.6) is 0 Å². The van der Waals surface area contributed by atoms with Crippen LogP contribution >= 0.6 is 0 Å². The van der Waals surface area contributed by atoms with Crippen molar-refractivity contribution in [2.45, 2.75) is 32.4 Å². The number of ether oxygens (including phenoxy) is 1. The number of likely N-dealkylation sites (tertiary alicyclic amines) is 1. The van der Waals surface area contributed by atoms with Crippen LogP contribution < -0.4 is 10.2 Å². The quantitative estimate of drug-likeness (QED) is 0.527. The molecule has 0 atom stereocenters. The van der Waals surface area contributed by atoms with Crippen molar-refractivity contribution in [3.63, 3.8) is 0 Å². The zero-order chi connectivity index (χ0) is 22.3. The Balaban J connectivity index is 1.41. The smallest absolute Gasteiger partial charge is 0.270 e. The number of hydrogen-bond donors (Lipinski definition) is 1. The van der Waals surface area contributed by atoms with E-state index in [-0.39, 0.29) is 11.6 Å². The highest BCUT2D eigenvalue weighted by Crippen LogP contribution is 2.26. The lowest BCUT2D eigenvalue weighted by molar-refractivity contribution is -0.384. The summed E-state index contributed by atoms with van der Waals surface area (Å²) in [6.07, 6.45) is 3.87. The van der Waals surface area contributed by atoms with Gasteiger partial charge in [-0.1, -0.05) is 30.7 Å². The van der Waals surface area contributed by atoms with Crippen LogP contribution in [0.3, 0.4) is 0 Å². The van der Waals surface area contributed by atoms with Crippen LogP contribution in [0.15, 0.2) is 42.5 Å². The number of benzene rings is 2. The first-order valence-electron chi connectivity index (χ1n) is 11.3. The summed E-state index contributed by atoms with van der Waals surface area (Å²) >= 11 is 0. The number of carbonyl (C=O) groups is 1. The van der Waals surface area contributed by atoms with Crippen molar-refractivity contribution in [1.29, 1.82) is 0 Å². The number of anilines is 1. The molecule has 8 nitrogen and oxygen atoms in total. The van der Waals surface area contributed by atoms with E-state index < -0.39 is 4.92 Å². The van der Waals surface area contributed by atoms with Gasteiger partial charge in [-0.15, -0.1) is 0 Å². The van der Waals surface area contributed by atoms with Crippen LogP contribution in [0.4, 0.5) is 11.4 Å². The van der Waals surface area contributed by atoms with E-state index in [1.54, 1.807) is 6.07 Å². The largest absolute Gasteiger partial charge is 0.378 e. The molecule has 1 amide bonds. The second-order valence-electron chi connectivity index (χ2n) is 8.39. The van der Waals surface area contributed by atoms with Gasteiger partial charge >= 0.3 is 0 Å². The summed E-state index contributed by atoms with van der Waals surface area (Å²) in [5, 5.41) is 14.2. The zero-order valence-corrected chi connectivity index (χ0v) is 18.3. The first-order valence-corrected chi connectivity index (χ1v) is 11.3. The number of amides is 1. The Morgan fingerprint density at radius 1 is 0.969 bits per heavy atom. The molecule has 0 unspecified atom stereocenters. The Morgan fingerprint density at radius 2 is 1.66 bits per heavy atom. The van der Waals surface area contributed by atoms with Crippen LogP contribution in [-0.2, 0) is 17.8 Å². The lowest BCUT2D eigenvalue weighted by Gasteiger charge is -2.30. The summed E-state index contributed by atoms with van der Waals surface area (Å²) in [6.45, 7) is 6.09. The van der Waals surface area contributed by atoms with Crippen molar-refractivity contribution in [3.8, 4) is 0 Å². The van der Waals surface area contributed by atoms with E-state index in [1.807, 2.05) is 17.0 Å². The maximum Gasteiger partial charge on any atom is 0.270 e. The number of rotatable bonds is 7. The molecule has 1 N–H and O–H groups in total. The molecule has 0 spiro atoms. The second kappa shape index (κ2) is 10.6. The van der Waals surface area contributed by atoms with Crippen molar-refractivity contribution in [3.05, 3.63) is 69.3 Å². The van der Waals surface area contributed by atoms with Crippen molar-refractivity contribution in [1.82, 2.24) is 10.2 Å². The van der Waals surface area contributed by atoms with Gasteiger partial charge in [-0.05, 0) is 43.1 Å². The van der Waals surface area contributed by atoms with E-state index in [9.17, 15) is 14.9 Å². The maximum absolute atomic E-state index is 13.0. The molecule has 2 aromatic carbocycles. The van der Waals surface area contributed by atoms with E-state index >= 15 is 0 Å². The fourth-order valence-corrected chi connectivity index (χ4v) is 4.32. The van der Waals surface area contributed by atoms with Gasteiger partial charge < -0.3 is 15.0 Å². The standard InChI is InChI=1S/C24H30N4O4/c29-24(22-16-21(28(30)31)8-9-23(22)27-12-14-32-15-13-27)25-17-19-4-6-20(7-5-19)18-26-10-2-1-3-11-26/h4-9,16H,1-3,10-15,17-18H2,(H,25,29). The highest BCUT2D eigenvalue weighted by molar-refractivity contribution is 6.00. The number of nitrogens with one attached hydrogen (secondary N) is 1. The van der Waals surface area contributed by atoms with Gasteiger partial charge in [0.1, 0.15) is 0 Å². The van der Waals surface area contributed by atoms with Gasteiger partial charge in [-0.2, -0.15) is 0 Å². The first-order chi connectivity index (χ1) is 15.6. The van der Waals surface area contributed by atoms with Gasteiger partial charge in [0.2, 0.25) is 0 Å². The molecule has 2 aliphatic rings. The van der Waals surface area contributed by atoms with Gasteiger partial charge in [0.15, 0.2) is 0 Å². The normalized spacial score (nSPS) is 17.2. The summed E-state index contributed by atoms with van der Waals surface area (Å²) in [7, 11) is 0. The second-order valence-corrected chi connectivity index (χ2v) is 8.39. The molecule has 4 rings (SSSR count). The molecule has 32 heavy (non-hydrogen) atoms. The van der Waals surface area contributed by atoms with Crippen LogP contribution in [0, 0.1) is 10.1 Å². The van der Waals surface area contributed by atoms with E-state index in [0.717, 1.165) is 25.2 Å². The average molecular weight is 439 g/mol. The Kier molecular flexibility index (Phi) is 7.34. The predicted octanol–water partition coefficient (Wildman–Crippen LogP) is 3.35. The number of nitro benzene ring substituents is 1. The molecule has 8 heteroatoms. The maximum atomic E-state index is 13.0. The molecule has 0 aliphatic carbocycles. The molecule has 0 aromatic heterocycles. The Labute approximate surface area is 188 Å². The van der Waals surface area contributed by atoms with Gasteiger partial charge in [0.05, 0.1) is 29.4 Å². The lowest BCUT2D eigenvalue weighted by atomic mass is 10.1. The minimum Gasteiger partial charge on any atom is -0.378 e. The molecule has 2 fully saturated rings. The Morgan fingerprint density at radius 3 is 2.34 bits per heavy atom.